The first kappa shape index (κ1) is 9.98. The Labute approximate surface area is 76.3 Å². The normalized spacial score (nSPS) is 10.5. The number of pyridine rings is 1. The van der Waals surface area contributed by atoms with Crippen LogP contribution in [-0.4, -0.2) is 11.3 Å². The lowest BCUT2D eigenvalue weighted by Gasteiger charge is -2.03. The molecule has 0 radical (unpaired) electrons. The van der Waals surface area contributed by atoms with Crippen LogP contribution < -0.4 is 0 Å². The summed E-state index contributed by atoms with van der Waals surface area (Å²) in [6.07, 6.45) is -2.31. The SMILES string of the molecule is O=Cc1c(F)cnc(C(F)F)c1Cl. The second kappa shape index (κ2) is 3.74. The van der Waals surface area contributed by atoms with Gasteiger partial charge < -0.3 is 0 Å². The van der Waals surface area contributed by atoms with Gasteiger partial charge in [0.1, 0.15) is 5.69 Å². The highest BCUT2D eigenvalue weighted by atomic mass is 35.5. The molecule has 70 valence electrons. The third kappa shape index (κ3) is 1.80. The lowest BCUT2D eigenvalue weighted by Crippen LogP contribution is -1.98. The van der Waals surface area contributed by atoms with Gasteiger partial charge in [0, 0.05) is 0 Å². The molecule has 1 aromatic heterocycles. The van der Waals surface area contributed by atoms with Crippen molar-refractivity contribution < 1.29 is 18.0 Å². The minimum atomic E-state index is -2.92. The maximum absolute atomic E-state index is 12.7. The minimum Gasteiger partial charge on any atom is -0.298 e. The molecule has 0 atom stereocenters. The first-order valence-corrected chi connectivity index (χ1v) is 3.53. The Hall–Kier alpha value is -1.10. The molecule has 1 aromatic rings. The summed E-state index contributed by atoms with van der Waals surface area (Å²) >= 11 is 5.30. The molecule has 0 saturated carbocycles. The van der Waals surface area contributed by atoms with E-state index in [9.17, 15) is 18.0 Å². The number of halogens is 4. The van der Waals surface area contributed by atoms with E-state index < -0.39 is 28.5 Å². The van der Waals surface area contributed by atoms with Crippen LogP contribution in [-0.2, 0) is 0 Å². The number of carbonyl (C=O) groups is 1. The molecule has 0 spiro atoms. The number of nitrogens with zero attached hydrogens (tertiary/aromatic N) is 1. The molecule has 0 aliphatic heterocycles. The number of aromatic nitrogens is 1. The molecule has 1 rings (SSSR count). The van der Waals surface area contributed by atoms with Gasteiger partial charge in [-0.15, -0.1) is 0 Å². The highest BCUT2D eigenvalue weighted by Gasteiger charge is 2.19. The number of alkyl halides is 2. The third-order valence-electron chi connectivity index (χ3n) is 1.36. The maximum atomic E-state index is 12.7. The third-order valence-corrected chi connectivity index (χ3v) is 1.76. The average Bonchev–Trinajstić information content (AvgIpc) is 2.04. The maximum Gasteiger partial charge on any atom is 0.281 e. The van der Waals surface area contributed by atoms with Gasteiger partial charge in [-0.25, -0.2) is 13.2 Å². The molecular weight excluding hydrogens is 207 g/mol. The fourth-order valence-corrected chi connectivity index (χ4v) is 1.02. The predicted octanol–water partition coefficient (Wildman–Crippen LogP) is 2.62. The van der Waals surface area contributed by atoms with Gasteiger partial charge in [-0.05, 0) is 0 Å². The summed E-state index contributed by atoms with van der Waals surface area (Å²) in [5.74, 6) is -1.01. The predicted molar refractivity (Wildman–Crippen MR) is 39.5 cm³/mol. The molecule has 1 heterocycles. The van der Waals surface area contributed by atoms with Gasteiger partial charge in [-0.1, -0.05) is 11.6 Å². The number of hydrogen-bond acceptors (Lipinski definition) is 2. The second-order valence-electron chi connectivity index (χ2n) is 2.14. The standard InChI is InChI=1S/C7H3ClF3NO/c8-5-3(2-13)4(9)1-12-6(5)7(10)11/h1-2,7H. The van der Waals surface area contributed by atoms with Crippen molar-refractivity contribution in [2.24, 2.45) is 0 Å². The summed E-state index contributed by atoms with van der Waals surface area (Å²) in [7, 11) is 0. The lowest BCUT2D eigenvalue weighted by molar-refractivity contribution is 0.111. The van der Waals surface area contributed by atoms with E-state index in [-0.39, 0.29) is 6.29 Å². The van der Waals surface area contributed by atoms with Crippen molar-refractivity contribution >= 4 is 17.9 Å². The summed E-state index contributed by atoms with van der Waals surface area (Å²) in [6.45, 7) is 0. The van der Waals surface area contributed by atoms with Gasteiger partial charge in [-0.3, -0.25) is 9.78 Å². The van der Waals surface area contributed by atoms with Crippen molar-refractivity contribution in [3.8, 4) is 0 Å². The topological polar surface area (TPSA) is 30.0 Å². The zero-order valence-corrected chi connectivity index (χ0v) is 6.86. The van der Waals surface area contributed by atoms with Crippen molar-refractivity contribution in [3.05, 3.63) is 28.3 Å². The molecule has 0 N–H and O–H groups in total. The van der Waals surface area contributed by atoms with Crippen LogP contribution in [0.3, 0.4) is 0 Å². The first-order chi connectivity index (χ1) is 6.07. The highest BCUT2D eigenvalue weighted by Crippen LogP contribution is 2.27. The van der Waals surface area contributed by atoms with E-state index in [1.165, 1.54) is 0 Å². The van der Waals surface area contributed by atoms with E-state index in [0.29, 0.717) is 6.20 Å². The Kier molecular flexibility index (Phi) is 2.87. The quantitative estimate of drug-likeness (QED) is 0.701. The summed E-state index contributed by atoms with van der Waals surface area (Å²) in [6, 6.07) is 0. The van der Waals surface area contributed by atoms with Crippen molar-refractivity contribution in [1.82, 2.24) is 4.98 Å². The van der Waals surface area contributed by atoms with Crippen LogP contribution in [0.5, 0.6) is 0 Å². The van der Waals surface area contributed by atoms with Gasteiger partial charge in [0.25, 0.3) is 6.43 Å². The largest absolute Gasteiger partial charge is 0.298 e. The summed E-state index contributed by atoms with van der Waals surface area (Å²) in [4.78, 5) is 13.3. The van der Waals surface area contributed by atoms with E-state index in [0.717, 1.165) is 0 Å². The molecule has 13 heavy (non-hydrogen) atoms. The molecule has 0 saturated heterocycles. The average molecular weight is 210 g/mol. The van der Waals surface area contributed by atoms with Crippen LogP contribution in [0.2, 0.25) is 5.02 Å². The van der Waals surface area contributed by atoms with Crippen LogP contribution in [0.1, 0.15) is 22.5 Å². The van der Waals surface area contributed by atoms with E-state index >= 15 is 0 Å². The Morgan fingerprint density at radius 3 is 2.62 bits per heavy atom. The number of rotatable bonds is 2. The van der Waals surface area contributed by atoms with Gasteiger partial charge >= 0.3 is 0 Å². The lowest BCUT2D eigenvalue weighted by atomic mass is 10.2. The van der Waals surface area contributed by atoms with Gasteiger partial charge in [0.15, 0.2) is 12.1 Å². The van der Waals surface area contributed by atoms with E-state index in [1.54, 1.807) is 0 Å². The fraction of sp³-hybridized carbons (Fsp3) is 0.143. The highest BCUT2D eigenvalue weighted by molar-refractivity contribution is 6.33. The van der Waals surface area contributed by atoms with Crippen LogP contribution in [0.4, 0.5) is 13.2 Å². The molecule has 0 aromatic carbocycles. The zero-order valence-electron chi connectivity index (χ0n) is 6.10. The number of carbonyl (C=O) groups excluding carboxylic acids is 1. The fourth-order valence-electron chi connectivity index (χ4n) is 0.755. The molecule has 0 aliphatic carbocycles. The first-order valence-electron chi connectivity index (χ1n) is 3.15. The number of aldehydes is 1. The van der Waals surface area contributed by atoms with Crippen LogP contribution in [0, 0.1) is 5.82 Å². The molecule has 0 aliphatic rings. The second-order valence-corrected chi connectivity index (χ2v) is 2.52. The van der Waals surface area contributed by atoms with E-state index in [4.69, 9.17) is 11.6 Å². The van der Waals surface area contributed by atoms with E-state index in [1.807, 2.05) is 0 Å². The van der Waals surface area contributed by atoms with Crippen molar-refractivity contribution in [2.75, 3.05) is 0 Å². The van der Waals surface area contributed by atoms with Gasteiger partial charge in [0.2, 0.25) is 0 Å². The molecule has 6 heteroatoms. The van der Waals surface area contributed by atoms with E-state index in [2.05, 4.69) is 4.98 Å². The Morgan fingerprint density at radius 1 is 1.54 bits per heavy atom. The van der Waals surface area contributed by atoms with Gasteiger partial charge in [0.05, 0.1) is 16.8 Å². The smallest absolute Gasteiger partial charge is 0.281 e. The van der Waals surface area contributed by atoms with Crippen molar-refractivity contribution in [1.29, 1.82) is 0 Å². The Morgan fingerprint density at radius 2 is 2.15 bits per heavy atom. The van der Waals surface area contributed by atoms with Crippen molar-refractivity contribution in [3.63, 3.8) is 0 Å². The summed E-state index contributed by atoms with van der Waals surface area (Å²) in [5.41, 5.74) is -1.38. The van der Waals surface area contributed by atoms with Crippen molar-refractivity contribution in [2.45, 2.75) is 6.43 Å². The summed E-state index contributed by atoms with van der Waals surface area (Å²) in [5, 5.41) is -0.634. The molecule has 2 nitrogen and oxygen atoms in total. The molecule has 0 bridgehead atoms. The van der Waals surface area contributed by atoms with Crippen LogP contribution >= 0.6 is 11.6 Å². The Bertz CT molecular complexity index is 343. The minimum absolute atomic E-state index is 0.0746. The Balaban J connectivity index is 3.35. The van der Waals surface area contributed by atoms with Crippen LogP contribution in [0.25, 0.3) is 0 Å². The molecular formula is C7H3ClF3NO. The molecule has 0 fully saturated rings. The van der Waals surface area contributed by atoms with Gasteiger partial charge in [-0.2, -0.15) is 0 Å². The molecule has 0 unspecified atom stereocenters. The van der Waals surface area contributed by atoms with Crippen LogP contribution in [0.15, 0.2) is 6.20 Å². The monoisotopic (exact) mass is 209 g/mol. The number of hydrogen-bond donors (Lipinski definition) is 0. The summed E-state index contributed by atoms with van der Waals surface area (Å²) < 4.78 is 36.9. The zero-order chi connectivity index (χ0) is 10.0. The molecule has 0 amide bonds.